The van der Waals surface area contributed by atoms with Gasteiger partial charge >= 0.3 is 0 Å². The van der Waals surface area contributed by atoms with Crippen molar-refractivity contribution in [2.24, 2.45) is 17.8 Å². The summed E-state index contributed by atoms with van der Waals surface area (Å²) in [6.45, 7) is 6.03. The number of allylic oxidation sites excluding steroid dienone is 2. The Morgan fingerprint density at radius 3 is 2.68 bits per heavy atom. The van der Waals surface area contributed by atoms with Gasteiger partial charge in [-0.15, -0.1) is 0 Å². The number of imidazole rings is 1. The van der Waals surface area contributed by atoms with Crippen molar-refractivity contribution in [1.82, 2.24) is 19.8 Å². The molecule has 3 fully saturated rings. The second-order valence-corrected chi connectivity index (χ2v) is 9.59. The van der Waals surface area contributed by atoms with E-state index in [1.54, 1.807) is 0 Å². The quantitative estimate of drug-likeness (QED) is 0.820. The van der Waals surface area contributed by atoms with Gasteiger partial charge in [0, 0.05) is 38.1 Å². The van der Waals surface area contributed by atoms with Crippen LogP contribution in [0.1, 0.15) is 49.9 Å². The summed E-state index contributed by atoms with van der Waals surface area (Å²) in [4.78, 5) is 7.86. The maximum Gasteiger partial charge on any atom is 0.114 e. The molecule has 0 radical (unpaired) electrons. The minimum atomic E-state index is 0.575. The van der Waals surface area contributed by atoms with Gasteiger partial charge in [0.2, 0.25) is 0 Å². The van der Waals surface area contributed by atoms with E-state index >= 15 is 0 Å². The standard InChI is InChI=1S/C24H32N4/c1-2-4-23-22(3-1)26-24(19-7-10-25-15-19)28(23)21-8-11-27(12-9-21)16-20-14-17-5-6-18(20)13-17/h1-6,17-21,25H,7-16H2/t17-,18+,19-,20?/m1/s1. The Balaban J connectivity index is 1.20. The molecular weight excluding hydrogens is 344 g/mol. The fraction of sp³-hybridized carbons (Fsp3) is 0.625. The van der Waals surface area contributed by atoms with E-state index in [1.807, 2.05) is 0 Å². The predicted molar refractivity (Wildman–Crippen MR) is 114 cm³/mol. The molecule has 4 atom stereocenters. The van der Waals surface area contributed by atoms with Gasteiger partial charge in [-0.05, 0) is 68.5 Å². The summed E-state index contributed by atoms with van der Waals surface area (Å²) < 4.78 is 2.63. The van der Waals surface area contributed by atoms with Gasteiger partial charge in [0.1, 0.15) is 5.82 Å². The molecule has 2 aliphatic heterocycles. The number of likely N-dealkylation sites (tertiary alicyclic amines) is 1. The van der Waals surface area contributed by atoms with Crippen LogP contribution in [0.2, 0.25) is 0 Å². The van der Waals surface area contributed by atoms with E-state index in [0.29, 0.717) is 12.0 Å². The molecular formula is C24H32N4. The number of nitrogens with one attached hydrogen (secondary N) is 1. The number of fused-ring (bicyclic) bond motifs is 3. The third-order valence-electron chi connectivity index (χ3n) is 7.88. The Bertz CT molecular complexity index is 870. The van der Waals surface area contributed by atoms with Gasteiger partial charge in [-0.3, -0.25) is 0 Å². The van der Waals surface area contributed by atoms with E-state index in [9.17, 15) is 0 Å². The zero-order chi connectivity index (χ0) is 18.5. The molecule has 2 aliphatic carbocycles. The van der Waals surface area contributed by atoms with Crippen molar-refractivity contribution in [3.63, 3.8) is 0 Å². The van der Waals surface area contributed by atoms with Gasteiger partial charge in [0.15, 0.2) is 0 Å². The first-order valence-electron chi connectivity index (χ1n) is 11.4. The Labute approximate surface area is 168 Å². The maximum absolute atomic E-state index is 5.10. The number of benzene rings is 1. The molecule has 148 valence electrons. The lowest BCUT2D eigenvalue weighted by atomic mass is 9.92. The molecule has 1 aromatic carbocycles. The van der Waals surface area contributed by atoms with Gasteiger partial charge < -0.3 is 14.8 Å². The van der Waals surface area contributed by atoms with E-state index in [-0.39, 0.29) is 0 Å². The summed E-state index contributed by atoms with van der Waals surface area (Å²) in [6.07, 6.45) is 11.6. The number of para-hydroxylation sites is 2. The molecule has 28 heavy (non-hydrogen) atoms. The van der Waals surface area contributed by atoms with E-state index in [4.69, 9.17) is 4.98 Å². The Morgan fingerprint density at radius 2 is 1.93 bits per heavy atom. The SMILES string of the molecule is C1=C[C@H]2C[C@@H]1CC2CN1CCC(n2c([C@@H]3CCNC3)nc3ccccc32)CC1. The average Bonchev–Trinajstić information content (AvgIpc) is 3.51. The van der Waals surface area contributed by atoms with Gasteiger partial charge in [-0.1, -0.05) is 24.3 Å². The van der Waals surface area contributed by atoms with Crippen LogP contribution in [0.4, 0.5) is 0 Å². The van der Waals surface area contributed by atoms with Crippen molar-refractivity contribution >= 4 is 11.0 Å². The summed E-state index contributed by atoms with van der Waals surface area (Å²) in [6, 6.07) is 9.38. The van der Waals surface area contributed by atoms with Crippen LogP contribution in [-0.2, 0) is 0 Å². The second-order valence-electron chi connectivity index (χ2n) is 9.59. The van der Waals surface area contributed by atoms with Gasteiger partial charge in [-0.2, -0.15) is 0 Å². The van der Waals surface area contributed by atoms with E-state index in [1.165, 1.54) is 68.6 Å². The third kappa shape index (κ3) is 2.93. The highest BCUT2D eigenvalue weighted by molar-refractivity contribution is 5.76. The number of hydrogen-bond acceptors (Lipinski definition) is 3. The first kappa shape index (κ1) is 17.2. The molecule has 6 rings (SSSR count). The molecule has 0 spiro atoms. The lowest BCUT2D eigenvalue weighted by Crippen LogP contribution is -2.39. The van der Waals surface area contributed by atoms with Crippen molar-refractivity contribution in [1.29, 1.82) is 0 Å². The Kier molecular flexibility index (Phi) is 4.31. The highest BCUT2D eigenvalue weighted by atomic mass is 15.2. The van der Waals surface area contributed by atoms with Crippen LogP contribution in [0, 0.1) is 17.8 Å². The molecule has 1 unspecified atom stereocenters. The highest BCUT2D eigenvalue weighted by Gasteiger charge is 2.37. The first-order valence-corrected chi connectivity index (χ1v) is 11.4. The van der Waals surface area contributed by atoms with Crippen molar-refractivity contribution in [3.8, 4) is 0 Å². The Hall–Kier alpha value is -1.65. The second kappa shape index (κ2) is 7.00. The summed E-state index contributed by atoms with van der Waals surface area (Å²) in [5.74, 6) is 4.60. The van der Waals surface area contributed by atoms with Crippen molar-refractivity contribution in [2.45, 2.75) is 44.1 Å². The number of piperidine rings is 1. The maximum atomic E-state index is 5.10. The van der Waals surface area contributed by atoms with Gasteiger partial charge in [0.05, 0.1) is 11.0 Å². The van der Waals surface area contributed by atoms with Gasteiger partial charge in [0.25, 0.3) is 0 Å². The van der Waals surface area contributed by atoms with E-state index in [0.717, 1.165) is 30.8 Å². The summed E-state index contributed by atoms with van der Waals surface area (Å²) in [7, 11) is 0. The van der Waals surface area contributed by atoms with Crippen LogP contribution in [0.5, 0.6) is 0 Å². The van der Waals surface area contributed by atoms with Crippen LogP contribution in [0.3, 0.4) is 0 Å². The van der Waals surface area contributed by atoms with Crippen LogP contribution >= 0.6 is 0 Å². The average molecular weight is 377 g/mol. The molecule has 4 heteroatoms. The molecule has 2 saturated heterocycles. The number of hydrogen-bond donors (Lipinski definition) is 1. The normalized spacial score (nSPS) is 33.4. The topological polar surface area (TPSA) is 33.1 Å². The summed E-state index contributed by atoms with van der Waals surface area (Å²) in [5, 5.41) is 3.54. The molecule has 4 aliphatic rings. The van der Waals surface area contributed by atoms with Crippen LogP contribution in [0.15, 0.2) is 36.4 Å². The molecule has 1 N–H and O–H groups in total. The van der Waals surface area contributed by atoms with Crippen molar-refractivity contribution < 1.29 is 0 Å². The molecule has 1 aromatic heterocycles. The number of aromatic nitrogens is 2. The smallest absolute Gasteiger partial charge is 0.114 e. The fourth-order valence-electron chi connectivity index (χ4n) is 6.41. The minimum Gasteiger partial charge on any atom is -0.324 e. The van der Waals surface area contributed by atoms with Crippen molar-refractivity contribution in [3.05, 3.63) is 42.2 Å². The number of rotatable bonds is 4. The molecule has 2 bridgehead atoms. The van der Waals surface area contributed by atoms with E-state index < -0.39 is 0 Å². The van der Waals surface area contributed by atoms with Gasteiger partial charge in [-0.25, -0.2) is 4.98 Å². The fourth-order valence-corrected chi connectivity index (χ4v) is 6.41. The molecule has 3 heterocycles. The largest absolute Gasteiger partial charge is 0.324 e. The van der Waals surface area contributed by atoms with Crippen molar-refractivity contribution in [2.75, 3.05) is 32.7 Å². The monoisotopic (exact) mass is 376 g/mol. The van der Waals surface area contributed by atoms with Crippen LogP contribution < -0.4 is 5.32 Å². The number of nitrogens with zero attached hydrogens (tertiary/aromatic N) is 3. The lowest BCUT2D eigenvalue weighted by Gasteiger charge is -2.36. The Morgan fingerprint density at radius 1 is 1.04 bits per heavy atom. The zero-order valence-corrected chi connectivity index (χ0v) is 16.8. The van der Waals surface area contributed by atoms with Crippen LogP contribution in [0.25, 0.3) is 11.0 Å². The predicted octanol–water partition coefficient (Wildman–Crippen LogP) is 3.96. The molecule has 2 aromatic rings. The molecule has 4 nitrogen and oxygen atoms in total. The van der Waals surface area contributed by atoms with E-state index in [2.05, 4.69) is 51.2 Å². The zero-order valence-electron chi connectivity index (χ0n) is 16.8. The highest BCUT2D eigenvalue weighted by Crippen LogP contribution is 2.44. The molecule has 0 amide bonds. The third-order valence-corrected chi connectivity index (χ3v) is 7.88. The summed E-state index contributed by atoms with van der Waals surface area (Å²) >= 11 is 0. The van der Waals surface area contributed by atoms with Crippen LogP contribution in [-0.4, -0.2) is 47.2 Å². The first-order chi connectivity index (χ1) is 13.8. The lowest BCUT2D eigenvalue weighted by molar-refractivity contribution is 0.154. The minimum absolute atomic E-state index is 0.575. The summed E-state index contributed by atoms with van der Waals surface area (Å²) in [5.41, 5.74) is 2.53. The molecule has 1 saturated carbocycles.